The Balaban J connectivity index is 1.51. The molecule has 4 heteroatoms. The molecule has 2 rings (SSSR count). The molecular weight excluding hydrogens is 262 g/mol. The average Bonchev–Trinajstić information content (AvgIpc) is 2.98. The zero-order chi connectivity index (χ0) is 15.1. The summed E-state index contributed by atoms with van der Waals surface area (Å²) < 4.78 is 0. The van der Waals surface area contributed by atoms with Gasteiger partial charge in [0.1, 0.15) is 0 Å². The van der Waals surface area contributed by atoms with Gasteiger partial charge in [0.15, 0.2) is 0 Å². The minimum Gasteiger partial charge on any atom is -0.348 e. The van der Waals surface area contributed by atoms with Crippen LogP contribution in [0.2, 0.25) is 0 Å². The van der Waals surface area contributed by atoms with Crippen molar-refractivity contribution in [3.8, 4) is 0 Å². The second kappa shape index (κ2) is 8.74. The van der Waals surface area contributed by atoms with Crippen molar-refractivity contribution in [2.45, 2.75) is 57.4 Å². The fraction of sp³-hybridized carbons (Fsp3) is 0.941. The van der Waals surface area contributed by atoms with Crippen molar-refractivity contribution in [2.24, 2.45) is 5.92 Å². The quantitative estimate of drug-likeness (QED) is 0.731. The molecule has 1 saturated heterocycles. The van der Waals surface area contributed by atoms with Gasteiger partial charge >= 0.3 is 0 Å². The second-order valence-electron chi connectivity index (χ2n) is 7.09. The van der Waals surface area contributed by atoms with Crippen molar-refractivity contribution in [3.63, 3.8) is 0 Å². The summed E-state index contributed by atoms with van der Waals surface area (Å²) in [5.74, 6) is 1.24. The van der Waals surface area contributed by atoms with Gasteiger partial charge < -0.3 is 10.2 Å². The maximum absolute atomic E-state index is 11.7. The monoisotopic (exact) mass is 295 g/mol. The largest absolute Gasteiger partial charge is 0.348 e. The Hall–Kier alpha value is -0.610. The minimum atomic E-state index is 0.220. The van der Waals surface area contributed by atoms with Crippen LogP contribution in [0.5, 0.6) is 0 Å². The molecule has 0 aromatic heterocycles. The minimum absolute atomic E-state index is 0.220. The first-order chi connectivity index (χ1) is 10.1. The number of piperidine rings is 1. The first-order valence-electron chi connectivity index (χ1n) is 8.81. The normalized spacial score (nSPS) is 21.8. The molecule has 0 atom stereocenters. The number of nitrogens with one attached hydrogen (secondary N) is 1. The average molecular weight is 295 g/mol. The van der Waals surface area contributed by atoms with Gasteiger partial charge in [0, 0.05) is 33.2 Å². The Morgan fingerprint density at radius 1 is 1.14 bits per heavy atom. The highest BCUT2D eigenvalue weighted by Crippen LogP contribution is 2.28. The molecule has 1 N–H and O–H groups in total. The van der Waals surface area contributed by atoms with E-state index in [2.05, 4.69) is 10.2 Å². The summed E-state index contributed by atoms with van der Waals surface area (Å²) in [6, 6.07) is 0.666. The van der Waals surface area contributed by atoms with Gasteiger partial charge in [-0.25, -0.2) is 0 Å². The zero-order valence-electron chi connectivity index (χ0n) is 13.9. The van der Waals surface area contributed by atoms with E-state index in [1.165, 1.54) is 57.9 Å². The predicted molar refractivity (Wildman–Crippen MR) is 87.4 cm³/mol. The van der Waals surface area contributed by atoms with Crippen molar-refractivity contribution in [1.29, 1.82) is 0 Å². The fourth-order valence-electron chi connectivity index (χ4n) is 3.62. The first kappa shape index (κ1) is 16.8. The molecule has 2 fully saturated rings. The fourth-order valence-corrected chi connectivity index (χ4v) is 3.62. The maximum Gasteiger partial charge on any atom is 0.236 e. The molecular formula is C17H33N3O. The smallest absolute Gasteiger partial charge is 0.236 e. The van der Waals surface area contributed by atoms with Crippen LogP contribution < -0.4 is 5.32 Å². The molecule has 0 aromatic rings. The lowest BCUT2D eigenvalue weighted by atomic mass is 10.0. The molecule has 1 saturated carbocycles. The predicted octanol–water partition coefficient (Wildman–Crippen LogP) is 2.10. The highest BCUT2D eigenvalue weighted by atomic mass is 16.2. The van der Waals surface area contributed by atoms with E-state index in [9.17, 15) is 4.79 Å². The van der Waals surface area contributed by atoms with Gasteiger partial charge in [-0.3, -0.25) is 9.69 Å². The SMILES string of the molecule is CN(C)C(=O)CN1CCC(NCCCC2CCCC2)CC1. The number of rotatable bonds is 7. The topological polar surface area (TPSA) is 35.6 Å². The highest BCUT2D eigenvalue weighted by Gasteiger charge is 2.21. The van der Waals surface area contributed by atoms with Gasteiger partial charge in [0.25, 0.3) is 0 Å². The number of amides is 1. The van der Waals surface area contributed by atoms with Gasteiger partial charge in [-0.05, 0) is 38.1 Å². The molecule has 21 heavy (non-hydrogen) atoms. The third kappa shape index (κ3) is 5.95. The number of likely N-dealkylation sites (N-methyl/N-ethyl adjacent to an activating group) is 1. The molecule has 0 aromatic carbocycles. The molecule has 0 unspecified atom stereocenters. The summed E-state index contributed by atoms with van der Waals surface area (Å²) in [7, 11) is 3.67. The molecule has 1 aliphatic carbocycles. The van der Waals surface area contributed by atoms with E-state index in [-0.39, 0.29) is 5.91 Å². The number of hydrogen-bond acceptors (Lipinski definition) is 3. The Kier molecular flexibility index (Phi) is 6.97. The van der Waals surface area contributed by atoms with Crippen LogP contribution in [0, 0.1) is 5.92 Å². The molecule has 1 aliphatic heterocycles. The molecule has 1 heterocycles. The molecule has 4 nitrogen and oxygen atoms in total. The van der Waals surface area contributed by atoms with E-state index in [0.29, 0.717) is 12.6 Å². The van der Waals surface area contributed by atoms with Crippen molar-refractivity contribution in [1.82, 2.24) is 15.1 Å². The van der Waals surface area contributed by atoms with E-state index in [0.717, 1.165) is 19.0 Å². The number of nitrogens with zero attached hydrogens (tertiary/aromatic N) is 2. The van der Waals surface area contributed by atoms with Crippen LogP contribution in [0.3, 0.4) is 0 Å². The van der Waals surface area contributed by atoms with Crippen molar-refractivity contribution < 1.29 is 4.79 Å². The van der Waals surface area contributed by atoms with Crippen LogP contribution >= 0.6 is 0 Å². The summed E-state index contributed by atoms with van der Waals surface area (Å²) >= 11 is 0. The van der Waals surface area contributed by atoms with E-state index in [1.54, 1.807) is 4.90 Å². The number of hydrogen-bond donors (Lipinski definition) is 1. The standard InChI is InChI=1S/C17H33N3O/c1-19(2)17(21)14-20-12-9-16(10-13-20)18-11-5-8-15-6-3-4-7-15/h15-16,18H,3-14H2,1-2H3. The Bertz CT molecular complexity index is 305. The molecule has 0 spiro atoms. The van der Waals surface area contributed by atoms with Crippen LogP contribution in [0.4, 0.5) is 0 Å². The lowest BCUT2D eigenvalue weighted by Crippen LogP contribution is -2.46. The first-order valence-corrected chi connectivity index (χ1v) is 8.81. The van der Waals surface area contributed by atoms with E-state index in [4.69, 9.17) is 0 Å². The Labute approximate surface area is 130 Å². The van der Waals surface area contributed by atoms with Gasteiger partial charge in [-0.15, -0.1) is 0 Å². The summed E-state index contributed by atoms with van der Waals surface area (Å²) in [6.07, 6.45) is 11.0. The lowest BCUT2D eigenvalue weighted by Gasteiger charge is -2.32. The van der Waals surface area contributed by atoms with E-state index >= 15 is 0 Å². The van der Waals surface area contributed by atoms with Gasteiger partial charge in [0.05, 0.1) is 6.54 Å². The third-order valence-electron chi connectivity index (χ3n) is 5.14. The van der Waals surface area contributed by atoms with Crippen LogP contribution in [0.25, 0.3) is 0 Å². The van der Waals surface area contributed by atoms with Gasteiger partial charge in [-0.1, -0.05) is 25.7 Å². The molecule has 2 aliphatic rings. The summed E-state index contributed by atoms with van der Waals surface area (Å²) in [5, 5.41) is 3.72. The van der Waals surface area contributed by atoms with Gasteiger partial charge in [-0.2, -0.15) is 0 Å². The molecule has 0 radical (unpaired) electrons. The van der Waals surface area contributed by atoms with Crippen LogP contribution in [0.1, 0.15) is 51.4 Å². The van der Waals surface area contributed by atoms with Gasteiger partial charge in [0.2, 0.25) is 5.91 Å². The van der Waals surface area contributed by atoms with Crippen molar-refractivity contribution in [3.05, 3.63) is 0 Å². The van der Waals surface area contributed by atoms with Crippen molar-refractivity contribution >= 4 is 5.91 Å². The van der Waals surface area contributed by atoms with Crippen LogP contribution in [0.15, 0.2) is 0 Å². The number of likely N-dealkylation sites (tertiary alicyclic amines) is 1. The van der Waals surface area contributed by atoms with Crippen molar-refractivity contribution in [2.75, 3.05) is 40.3 Å². The number of carbonyl (C=O) groups excluding carboxylic acids is 1. The van der Waals surface area contributed by atoms with Crippen LogP contribution in [-0.4, -0.2) is 62.0 Å². The van der Waals surface area contributed by atoms with E-state index in [1.807, 2.05) is 14.1 Å². The van der Waals surface area contributed by atoms with Crippen LogP contribution in [-0.2, 0) is 4.79 Å². The molecule has 122 valence electrons. The second-order valence-corrected chi connectivity index (χ2v) is 7.09. The molecule has 0 bridgehead atoms. The highest BCUT2D eigenvalue weighted by molar-refractivity contribution is 5.77. The third-order valence-corrected chi connectivity index (χ3v) is 5.14. The Morgan fingerprint density at radius 3 is 2.43 bits per heavy atom. The summed E-state index contributed by atoms with van der Waals surface area (Å²) in [5.41, 5.74) is 0. The van der Waals surface area contributed by atoms with E-state index < -0.39 is 0 Å². The summed E-state index contributed by atoms with van der Waals surface area (Å²) in [6.45, 7) is 3.87. The maximum atomic E-state index is 11.7. The zero-order valence-corrected chi connectivity index (χ0v) is 13.9. The lowest BCUT2D eigenvalue weighted by molar-refractivity contribution is -0.130. The molecule has 1 amide bonds. The Morgan fingerprint density at radius 2 is 1.81 bits per heavy atom. The summed E-state index contributed by atoms with van der Waals surface area (Å²) in [4.78, 5) is 15.7. The number of carbonyl (C=O) groups is 1.